The number of aryl methyl sites for hydroxylation is 1. The maximum absolute atomic E-state index is 12.6. The van der Waals surface area contributed by atoms with Crippen LogP contribution in [0.1, 0.15) is 25.5 Å². The lowest BCUT2D eigenvalue weighted by atomic mass is 10.0. The van der Waals surface area contributed by atoms with Crippen molar-refractivity contribution in [2.75, 3.05) is 51.6 Å². The van der Waals surface area contributed by atoms with Gasteiger partial charge in [-0.1, -0.05) is 11.8 Å². The van der Waals surface area contributed by atoms with E-state index in [-0.39, 0.29) is 12.0 Å². The molecule has 9 heteroatoms. The van der Waals surface area contributed by atoms with E-state index < -0.39 is 0 Å². The Hall–Kier alpha value is -1.32. The van der Waals surface area contributed by atoms with Gasteiger partial charge in [-0.15, -0.1) is 11.3 Å². The predicted octanol–water partition coefficient (Wildman–Crippen LogP) is 2.31. The lowest BCUT2D eigenvalue weighted by Crippen LogP contribution is -2.56. The molecule has 2 aliphatic rings. The average molecular weight is 413 g/mol. The Labute approximate surface area is 169 Å². The Kier molecular flexibility index (Phi) is 7.37. The quantitative estimate of drug-likeness (QED) is 0.692. The van der Waals surface area contributed by atoms with E-state index in [1.165, 1.54) is 11.8 Å². The van der Waals surface area contributed by atoms with Crippen molar-refractivity contribution in [2.24, 2.45) is 0 Å². The van der Waals surface area contributed by atoms with Gasteiger partial charge in [0.05, 0.1) is 12.4 Å². The van der Waals surface area contributed by atoms with Crippen LogP contribution in [0, 0.1) is 6.92 Å². The second-order valence-electron chi connectivity index (χ2n) is 6.90. The molecule has 3 rings (SSSR count). The molecule has 150 valence electrons. The third kappa shape index (κ3) is 5.58. The summed E-state index contributed by atoms with van der Waals surface area (Å²) in [5.41, 5.74) is 1.01. The molecule has 3 heterocycles. The summed E-state index contributed by atoms with van der Waals surface area (Å²) in [6.07, 6.45) is 1.93. The van der Waals surface area contributed by atoms with E-state index >= 15 is 0 Å². The Balaban J connectivity index is 1.45. The fourth-order valence-corrected chi connectivity index (χ4v) is 5.33. The zero-order valence-electron chi connectivity index (χ0n) is 16.1. The number of aromatic nitrogens is 1. The van der Waals surface area contributed by atoms with Gasteiger partial charge in [0.25, 0.3) is 0 Å². The van der Waals surface area contributed by atoms with Crippen LogP contribution in [0.4, 0.5) is 4.79 Å². The summed E-state index contributed by atoms with van der Waals surface area (Å²) >= 11 is 3.13. The van der Waals surface area contributed by atoms with Crippen LogP contribution < -0.4 is 0 Å². The highest BCUT2D eigenvalue weighted by atomic mass is 32.2. The summed E-state index contributed by atoms with van der Waals surface area (Å²) in [6.45, 7) is 8.93. The second-order valence-corrected chi connectivity index (χ2v) is 8.98. The predicted molar refractivity (Wildman–Crippen MR) is 107 cm³/mol. The molecule has 27 heavy (non-hydrogen) atoms. The molecule has 0 aromatic carbocycles. The Bertz CT molecular complexity index is 646. The molecular weight excluding hydrogens is 384 g/mol. The topological polar surface area (TPSA) is 66.0 Å². The fourth-order valence-electron chi connectivity index (χ4n) is 3.58. The average Bonchev–Trinajstić information content (AvgIpc) is 3.12. The van der Waals surface area contributed by atoms with E-state index in [1.54, 1.807) is 16.2 Å². The van der Waals surface area contributed by atoms with Gasteiger partial charge in [-0.25, -0.2) is 9.78 Å². The van der Waals surface area contributed by atoms with Crippen LogP contribution in [0.15, 0.2) is 9.72 Å². The molecular formula is C18H28N4O3S2. The number of piperidine rings is 1. The summed E-state index contributed by atoms with van der Waals surface area (Å²) in [5.74, 6) is 0.652. The van der Waals surface area contributed by atoms with Crippen LogP contribution in [0.25, 0.3) is 0 Å². The van der Waals surface area contributed by atoms with Crippen LogP contribution in [0.3, 0.4) is 0 Å². The number of hydrogen-bond acceptors (Lipinski definition) is 7. The van der Waals surface area contributed by atoms with Gasteiger partial charge in [0.15, 0.2) is 4.34 Å². The van der Waals surface area contributed by atoms with Crippen molar-refractivity contribution < 1.29 is 14.3 Å². The summed E-state index contributed by atoms with van der Waals surface area (Å²) in [6, 6.07) is 0.388. The van der Waals surface area contributed by atoms with Crippen LogP contribution in [-0.4, -0.2) is 89.4 Å². The minimum atomic E-state index is -0.216. The molecule has 0 aliphatic carbocycles. The number of piperazine rings is 1. The number of amides is 2. The third-order valence-electron chi connectivity index (χ3n) is 5.02. The van der Waals surface area contributed by atoms with Crippen molar-refractivity contribution in [3.05, 3.63) is 11.1 Å². The highest BCUT2D eigenvalue weighted by Gasteiger charge is 2.31. The zero-order chi connectivity index (χ0) is 19.2. The zero-order valence-corrected chi connectivity index (χ0v) is 17.7. The van der Waals surface area contributed by atoms with E-state index in [2.05, 4.69) is 9.88 Å². The number of hydrogen-bond donors (Lipinski definition) is 0. The smallest absolute Gasteiger partial charge is 0.409 e. The van der Waals surface area contributed by atoms with Crippen molar-refractivity contribution in [3.8, 4) is 0 Å². The molecule has 1 atom stereocenters. The lowest BCUT2D eigenvalue weighted by Gasteiger charge is -2.43. The third-order valence-corrected chi connectivity index (χ3v) is 7.15. The molecule has 1 aromatic heterocycles. The number of nitrogens with zero attached hydrogens (tertiary/aromatic N) is 4. The molecule has 0 bridgehead atoms. The standard InChI is InChI=1S/C18H28N4O3S2/c1-3-25-18(24)21-9-7-20(8-10-21)15-5-4-6-22(11-15)16(23)13-27-17-19-14(2)12-26-17/h12,15H,3-11,13H2,1-2H3. The van der Waals surface area contributed by atoms with Gasteiger partial charge in [-0.05, 0) is 26.7 Å². The molecule has 0 saturated carbocycles. The van der Waals surface area contributed by atoms with Gasteiger partial charge in [0, 0.05) is 56.4 Å². The summed E-state index contributed by atoms with van der Waals surface area (Å²) in [5, 5.41) is 2.01. The number of carbonyl (C=O) groups excluding carboxylic acids is 2. The van der Waals surface area contributed by atoms with Gasteiger partial charge in [-0.3, -0.25) is 9.69 Å². The van der Waals surface area contributed by atoms with Crippen molar-refractivity contribution in [2.45, 2.75) is 37.1 Å². The number of carbonyl (C=O) groups is 2. The maximum Gasteiger partial charge on any atom is 0.409 e. The Morgan fingerprint density at radius 3 is 2.70 bits per heavy atom. The molecule has 1 aromatic rings. The van der Waals surface area contributed by atoms with Crippen LogP contribution in [0.2, 0.25) is 0 Å². The fraction of sp³-hybridized carbons (Fsp3) is 0.722. The first kappa shape index (κ1) is 20.4. The minimum absolute atomic E-state index is 0.197. The summed E-state index contributed by atoms with van der Waals surface area (Å²) in [4.78, 5) is 35.1. The van der Waals surface area contributed by atoms with Crippen molar-refractivity contribution >= 4 is 35.1 Å². The van der Waals surface area contributed by atoms with E-state index in [0.717, 1.165) is 49.1 Å². The number of ether oxygens (including phenoxy) is 1. The number of thioether (sulfide) groups is 1. The molecule has 2 aliphatic heterocycles. The summed E-state index contributed by atoms with van der Waals surface area (Å²) < 4.78 is 6.05. The number of thiazole rings is 1. The first-order chi connectivity index (χ1) is 13.1. The summed E-state index contributed by atoms with van der Waals surface area (Å²) in [7, 11) is 0. The van der Waals surface area contributed by atoms with Crippen molar-refractivity contribution in [1.82, 2.24) is 19.7 Å². The molecule has 0 N–H and O–H groups in total. The van der Waals surface area contributed by atoms with Crippen molar-refractivity contribution in [3.63, 3.8) is 0 Å². The van der Waals surface area contributed by atoms with E-state index in [1.807, 2.05) is 24.1 Å². The molecule has 0 spiro atoms. The molecule has 2 fully saturated rings. The monoisotopic (exact) mass is 412 g/mol. The number of rotatable bonds is 5. The molecule has 7 nitrogen and oxygen atoms in total. The van der Waals surface area contributed by atoms with E-state index in [0.29, 0.717) is 31.5 Å². The maximum atomic E-state index is 12.6. The Morgan fingerprint density at radius 2 is 2.04 bits per heavy atom. The second kappa shape index (κ2) is 9.75. The van der Waals surface area contributed by atoms with E-state index in [9.17, 15) is 9.59 Å². The van der Waals surface area contributed by atoms with Gasteiger partial charge in [0.1, 0.15) is 0 Å². The van der Waals surface area contributed by atoms with Gasteiger partial charge in [0.2, 0.25) is 5.91 Å². The molecule has 1 unspecified atom stereocenters. The molecule has 2 saturated heterocycles. The first-order valence-electron chi connectivity index (χ1n) is 9.55. The highest BCUT2D eigenvalue weighted by molar-refractivity contribution is 8.01. The normalized spacial score (nSPS) is 21.3. The van der Waals surface area contributed by atoms with Crippen molar-refractivity contribution in [1.29, 1.82) is 0 Å². The van der Waals surface area contributed by atoms with Gasteiger partial charge in [-0.2, -0.15) is 0 Å². The highest BCUT2D eigenvalue weighted by Crippen LogP contribution is 2.24. The SMILES string of the molecule is CCOC(=O)N1CCN(C2CCCN(C(=O)CSc3nc(C)cs3)C2)CC1. The van der Waals surface area contributed by atoms with Gasteiger partial charge < -0.3 is 14.5 Å². The largest absolute Gasteiger partial charge is 0.450 e. The number of likely N-dealkylation sites (tertiary alicyclic amines) is 1. The first-order valence-corrected chi connectivity index (χ1v) is 11.4. The van der Waals surface area contributed by atoms with E-state index in [4.69, 9.17) is 4.74 Å². The Morgan fingerprint density at radius 1 is 1.26 bits per heavy atom. The minimum Gasteiger partial charge on any atom is -0.450 e. The molecule has 0 radical (unpaired) electrons. The van der Waals surface area contributed by atoms with Crippen LogP contribution in [0.5, 0.6) is 0 Å². The van der Waals surface area contributed by atoms with Crippen LogP contribution in [-0.2, 0) is 9.53 Å². The van der Waals surface area contributed by atoms with Gasteiger partial charge >= 0.3 is 6.09 Å². The lowest BCUT2D eigenvalue weighted by molar-refractivity contribution is -0.130. The molecule has 2 amide bonds. The van der Waals surface area contributed by atoms with Crippen LogP contribution >= 0.6 is 23.1 Å².